The predicted molar refractivity (Wildman–Crippen MR) is 93.2 cm³/mol. The van der Waals surface area contributed by atoms with Gasteiger partial charge in [-0.15, -0.1) is 11.6 Å². The van der Waals surface area contributed by atoms with Crippen molar-refractivity contribution in [2.45, 2.75) is 11.8 Å². The molecule has 3 aromatic rings. The maximum absolute atomic E-state index is 6.56. The summed E-state index contributed by atoms with van der Waals surface area (Å²) in [6.45, 7) is 0. The molecular weight excluding hydrogens is 369 g/mol. The fraction of sp³-hybridized carbons (Fsp3) is 0.118. The Kier molecular flexibility index (Phi) is 4.48. The Morgan fingerprint density at radius 1 is 1.05 bits per heavy atom. The van der Waals surface area contributed by atoms with E-state index in [-0.39, 0.29) is 5.38 Å². The lowest BCUT2D eigenvalue weighted by Gasteiger charge is -2.12. The summed E-state index contributed by atoms with van der Waals surface area (Å²) in [5.41, 5.74) is 2.11. The lowest BCUT2D eigenvalue weighted by molar-refractivity contribution is 0.918. The van der Waals surface area contributed by atoms with Crippen LogP contribution in [-0.4, -0.2) is 4.98 Å². The quantitative estimate of drug-likeness (QED) is 0.495. The van der Waals surface area contributed by atoms with Gasteiger partial charge in [0.25, 0.3) is 0 Å². The minimum Gasteiger partial charge on any atom is -0.263 e. The van der Waals surface area contributed by atoms with Gasteiger partial charge >= 0.3 is 0 Å². The fourth-order valence-electron chi connectivity index (χ4n) is 2.31. The molecule has 0 N–H and O–H groups in total. The molecule has 4 heteroatoms. The summed E-state index contributed by atoms with van der Waals surface area (Å²) < 4.78 is 1.08. The molecule has 1 heterocycles. The van der Waals surface area contributed by atoms with Gasteiger partial charge in [-0.1, -0.05) is 45.7 Å². The number of nitrogens with zero attached hydrogens (tertiary/aromatic N) is 1. The third kappa shape index (κ3) is 3.39. The summed E-state index contributed by atoms with van der Waals surface area (Å²) >= 11 is 16.2. The highest BCUT2D eigenvalue weighted by atomic mass is 79.9. The predicted octanol–water partition coefficient (Wildman–Crippen LogP) is 6.17. The van der Waals surface area contributed by atoms with Gasteiger partial charge in [-0.2, -0.15) is 0 Å². The van der Waals surface area contributed by atoms with Gasteiger partial charge in [-0.3, -0.25) is 4.98 Å². The first-order valence-corrected chi connectivity index (χ1v) is 8.16. The minimum atomic E-state index is -0.113. The number of halogens is 3. The Morgan fingerprint density at radius 3 is 2.62 bits per heavy atom. The highest BCUT2D eigenvalue weighted by molar-refractivity contribution is 9.10. The van der Waals surface area contributed by atoms with Crippen LogP contribution in [-0.2, 0) is 6.42 Å². The molecule has 0 aliphatic heterocycles. The second kappa shape index (κ2) is 6.35. The van der Waals surface area contributed by atoms with Crippen LogP contribution >= 0.6 is 39.1 Å². The highest BCUT2D eigenvalue weighted by Gasteiger charge is 2.12. The molecule has 1 aromatic heterocycles. The van der Waals surface area contributed by atoms with Gasteiger partial charge in [-0.25, -0.2) is 0 Å². The van der Waals surface area contributed by atoms with E-state index in [1.807, 2.05) is 12.1 Å². The highest BCUT2D eigenvalue weighted by Crippen LogP contribution is 2.30. The number of pyridine rings is 1. The minimum absolute atomic E-state index is 0.113. The number of rotatable bonds is 3. The Labute approximate surface area is 142 Å². The molecule has 0 aliphatic carbocycles. The smallest absolute Gasteiger partial charge is 0.0626 e. The van der Waals surface area contributed by atoms with Crippen molar-refractivity contribution in [1.29, 1.82) is 0 Å². The number of alkyl halides is 1. The maximum atomic E-state index is 6.56. The van der Waals surface area contributed by atoms with Crippen LogP contribution in [0.4, 0.5) is 0 Å². The van der Waals surface area contributed by atoms with Gasteiger partial charge in [-0.05, 0) is 52.6 Å². The van der Waals surface area contributed by atoms with E-state index < -0.39 is 0 Å². The van der Waals surface area contributed by atoms with Crippen molar-refractivity contribution in [3.8, 4) is 0 Å². The largest absolute Gasteiger partial charge is 0.263 e. The molecule has 0 amide bonds. The summed E-state index contributed by atoms with van der Waals surface area (Å²) in [5.74, 6) is 0. The van der Waals surface area contributed by atoms with Crippen LogP contribution in [0.1, 0.15) is 16.5 Å². The molecule has 0 aliphatic rings. The Bertz CT molecular complexity index is 789. The van der Waals surface area contributed by atoms with E-state index >= 15 is 0 Å². The monoisotopic (exact) mass is 379 g/mol. The average molecular weight is 381 g/mol. The zero-order chi connectivity index (χ0) is 14.8. The van der Waals surface area contributed by atoms with Crippen LogP contribution in [0, 0.1) is 0 Å². The molecule has 0 spiro atoms. The molecule has 3 rings (SSSR count). The summed E-state index contributed by atoms with van der Waals surface area (Å²) in [4.78, 5) is 3.99. The van der Waals surface area contributed by atoms with Gasteiger partial charge in [0, 0.05) is 16.9 Å². The molecule has 0 radical (unpaired) electrons. The van der Waals surface area contributed by atoms with Gasteiger partial charge in [0.15, 0.2) is 0 Å². The molecule has 0 saturated carbocycles. The van der Waals surface area contributed by atoms with Crippen LogP contribution in [0.2, 0.25) is 5.02 Å². The summed E-state index contributed by atoms with van der Waals surface area (Å²) in [6, 6.07) is 14.4. The Hall–Kier alpha value is -1.09. The number of aromatic nitrogens is 1. The SMILES string of the molecule is Clc1cnccc1CC(Cl)c1ccc2cc(Br)ccc2c1. The van der Waals surface area contributed by atoms with Crippen LogP contribution in [0.5, 0.6) is 0 Å². The van der Waals surface area contributed by atoms with Gasteiger partial charge in [0.1, 0.15) is 0 Å². The van der Waals surface area contributed by atoms with Crippen molar-refractivity contribution in [3.05, 3.63) is 75.5 Å². The summed E-state index contributed by atoms with van der Waals surface area (Å²) in [5, 5.41) is 2.92. The topological polar surface area (TPSA) is 12.9 Å². The molecule has 0 fully saturated rings. The van der Waals surface area contributed by atoms with E-state index in [2.05, 4.69) is 51.2 Å². The third-order valence-electron chi connectivity index (χ3n) is 3.44. The number of fused-ring (bicyclic) bond motifs is 1. The van der Waals surface area contributed by atoms with Gasteiger partial charge in [0.2, 0.25) is 0 Å². The zero-order valence-electron chi connectivity index (χ0n) is 11.1. The van der Waals surface area contributed by atoms with E-state index in [9.17, 15) is 0 Å². The lowest BCUT2D eigenvalue weighted by atomic mass is 10.0. The first kappa shape index (κ1) is 14.8. The lowest BCUT2D eigenvalue weighted by Crippen LogP contribution is -1.97. The van der Waals surface area contributed by atoms with Crippen LogP contribution in [0.25, 0.3) is 10.8 Å². The first-order valence-electron chi connectivity index (χ1n) is 6.55. The molecule has 2 aromatic carbocycles. The third-order valence-corrected chi connectivity index (χ3v) is 4.68. The van der Waals surface area contributed by atoms with Crippen molar-refractivity contribution >= 4 is 49.9 Å². The van der Waals surface area contributed by atoms with Gasteiger partial charge < -0.3 is 0 Å². The van der Waals surface area contributed by atoms with E-state index in [4.69, 9.17) is 23.2 Å². The van der Waals surface area contributed by atoms with E-state index in [0.29, 0.717) is 11.4 Å². The number of benzene rings is 2. The summed E-state index contributed by atoms with van der Waals surface area (Å²) in [6.07, 6.45) is 4.08. The molecule has 1 atom stereocenters. The Morgan fingerprint density at radius 2 is 1.81 bits per heavy atom. The molecule has 21 heavy (non-hydrogen) atoms. The normalized spacial score (nSPS) is 12.5. The molecule has 0 bridgehead atoms. The van der Waals surface area contributed by atoms with Crippen molar-refractivity contribution in [1.82, 2.24) is 4.98 Å². The fourth-order valence-corrected chi connectivity index (χ4v) is 3.19. The number of hydrogen-bond acceptors (Lipinski definition) is 1. The zero-order valence-corrected chi connectivity index (χ0v) is 14.2. The average Bonchev–Trinajstić information content (AvgIpc) is 2.49. The second-order valence-electron chi connectivity index (χ2n) is 4.89. The van der Waals surface area contributed by atoms with Gasteiger partial charge in [0.05, 0.1) is 10.4 Å². The van der Waals surface area contributed by atoms with E-state index in [1.165, 1.54) is 10.8 Å². The standard InChI is InChI=1S/C17H12BrCl2N/c18-15-4-3-11-7-13(2-1-12(11)8-15)16(19)9-14-5-6-21-10-17(14)20/h1-8,10,16H,9H2. The molecular formula is C17H12BrCl2N. The van der Waals surface area contributed by atoms with Crippen molar-refractivity contribution in [2.75, 3.05) is 0 Å². The molecule has 1 unspecified atom stereocenters. The van der Waals surface area contributed by atoms with E-state index in [1.54, 1.807) is 12.4 Å². The van der Waals surface area contributed by atoms with Crippen LogP contribution in [0.3, 0.4) is 0 Å². The van der Waals surface area contributed by atoms with Crippen LogP contribution < -0.4 is 0 Å². The second-order valence-corrected chi connectivity index (χ2v) is 6.74. The Balaban J connectivity index is 1.89. The van der Waals surface area contributed by atoms with Crippen LogP contribution in [0.15, 0.2) is 59.3 Å². The molecule has 106 valence electrons. The molecule has 0 saturated heterocycles. The van der Waals surface area contributed by atoms with E-state index in [0.717, 1.165) is 15.6 Å². The number of hydrogen-bond donors (Lipinski definition) is 0. The van der Waals surface area contributed by atoms with Crippen molar-refractivity contribution in [3.63, 3.8) is 0 Å². The molecule has 1 nitrogen and oxygen atoms in total. The maximum Gasteiger partial charge on any atom is 0.0626 e. The van der Waals surface area contributed by atoms with Crippen molar-refractivity contribution in [2.24, 2.45) is 0 Å². The first-order chi connectivity index (χ1) is 10.1. The summed E-state index contributed by atoms with van der Waals surface area (Å²) in [7, 11) is 0. The van der Waals surface area contributed by atoms with Crippen molar-refractivity contribution < 1.29 is 0 Å².